The van der Waals surface area contributed by atoms with Crippen LogP contribution in [0.3, 0.4) is 0 Å². The van der Waals surface area contributed by atoms with Crippen LogP contribution in [0.1, 0.15) is 10.4 Å². The Morgan fingerprint density at radius 3 is 2.88 bits per heavy atom. The molecule has 0 fully saturated rings. The van der Waals surface area contributed by atoms with Crippen molar-refractivity contribution in [3.8, 4) is 5.75 Å². The molecule has 0 unspecified atom stereocenters. The molecule has 1 aromatic carbocycles. The molecule has 4 nitrogen and oxygen atoms in total. The van der Waals surface area contributed by atoms with Crippen LogP contribution < -0.4 is 4.74 Å². The maximum atomic E-state index is 11.1. The van der Waals surface area contributed by atoms with Gasteiger partial charge in [-0.3, -0.25) is 0 Å². The Labute approximate surface area is 96.4 Å². The van der Waals surface area contributed by atoms with Crippen molar-refractivity contribution in [3.63, 3.8) is 0 Å². The van der Waals surface area contributed by atoms with Crippen molar-refractivity contribution in [1.82, 2.24) is 4.98 Å². The Hall–Kier alpha value is -1.81. The molecule has 0 atom stereocenters. The fourth-order valence-corrected chi connectivity index (χ4v) is 1.73. The van der Waals surface area contributed by atoms with Crippen LogP contribution in [-0.2, 0) is 0 Å². The normalized spacial score (nSPS) is 10.4. The van der Waals surface area contributed by atoms with Gasteiger partial charge in [0, 0.05) is 17.0 Å². The number of benzene rings is 1. The summed E-state index contributed by atoms with van der Waals surface area (Å²) in [6.07, 6.45) is 1.53. The summed E-state index contributed by atoms with van der Waals surface area (Å²) in [5, 5.41) is 10.3. The predicted octanol–water partition coefficient (Wildman–Crippen LogP) is 2.60. The molecule has 82 valence electrons. The van der Waals surface area contributed by atoms with Crippen molar-refractivity contribution in [3.05, 3.63) is 35.1 Å². The van der Waals surface area contributed by atoms with Gasteiger partial charge in [-0.05, 0) is 18.2 Å². The Bertz CT molecular complexity index is 568. The van der Waals surface area contributed by atoms with Crippen LogP contribution in [0.4, 0.5) is 0 Å². The number of hydrogen-bond donors (Lipinski definition) is 1. The average molecular weight is 238 g/mol. The standard InChI is InChI=1S/C11H8ClNO3/c1-16-7-3-2-6-5-13-10(12)9(11(14)15)8(6)4-7/h2-5H,1H3,(H,14,15). The lowest BCUT2D eigenvalue weighted by atomic mass is 10.1. The van der Waals surface area contributed by atoms with E-state index in [1.165, 1.54) is 13.3 Å². The minimum atomic E-state index is -1.10. The van der Waals surface area contributed by atoms with Crippen molar-refractivity contribution in [1.29, 1.82) is 0 Å². The van der Waals surface area contributed by atoms with E-state index in [0.717, 1.165) is 0 Å². The van der Waals surface area contributed by atoms with Crippen molar-refractivity contribution in [2.75, 3.05) is 7.11 Å². The van der Waals surface area contributed by atoms with Gasteiger partial charge < -0.3 is 9.84 Å². The highest BCUT2D eigenvalue weighted by molar-refractivity contribution is 6.34. The van der Waals surface area contributed by atoms with Gasteiger partial charge in [0.1, 0.15) is 16.5 Å². The van der Waals surface area contributed by atoms with E-state index in [-0.39, 0.29) is 10.7 Å². The summed E-state index contributed by atoms with van der Waals surface area (Å²) < 4.78 is 5.04. The van der Waals surface area contributed by atoms with Crippen LogP contribution in [0.25, 0.3) is 10.8 Å². The lowest BCUT2D eigenvalue weighted by Crippen LogP contribution is -2.00. The zero-order valence-corrected chi connectivity index (χ0v) is 9.15. The molecule has 1 heterocycles. The number of pyridine rings is 1. The molecule has 2 rings (SSSR count). The largest absolute Gasteiger partial charge is 0.497 e. The van der Waals surface area contributed by atoms with Crippen LogP contribution in [0.15, 0.2) is 24.4 Å². The number of carboxylic acid groups (broad SMARTS) is 1. The van der Waals surface area contributed by atoms with Crippen molar-refractivity contribution < 1.29 is 14.6 Å². The number of carbonyl (C=O) groups is 1. The fraction of sp³-hybridized carbons (Fsp3) is 0.0909. The number of methoxy groups -OCH3 is 1. The molecule has 0 bridgehead atoms. The molecule has 0 saturated carbocycles. The average Bonchev–Trinajstić information content (AvgIpc) is 2.27. The first-order valence-electron chi connectivity index (χ1n) is 4.49. The molecular weight excluding hydrogens is 230 g/mol. The second-order valence-electron chi connectivity index (χ2n) is 3.18. The number of aromatic carboxylic acids is 1. The maximum Gasteiger partial charge on any atom is 0.339 e. The number of nitrogens with zero attached hydrogens (tertiary/aromatic N) is 1. The maximum absolute atomic E-state index is 11.1. The number of aromatic nitrogens is 1. The molecule has 0 amide bonds. The summed E-state index contributed by atoms with van der Waals surface area (Å²) in [6.45, 7) is 0. The first kappa shape index (κ1) is 10.7. The van der Waals surface area contributed by atoms with Gasteiger partial charge in [0.25, 0.3) is 0 Å². The quantitative estimate of drug-likeness (QED) is 0.816. The number of fused-ring (bicyclic) bond motifs is 1. The van der Waals surface area contributed by atoms with Gasteiger partial charge in [0.05, 0.1) is 7.11 Å². The highest BCUT2D eigenvalue weighted by Gasteiger charge is 2.14. The third-order valence-electron chi connectivity index (χ3n) is 2.27. The molecule has 0 aliphatic heterocycles. The van der Waals surface area contributed by atoms with Gasteiger partial charge in [0.15, 0.2) is 0 Å². The third kappa shape index (κ3) is 1.67. The topological polar surface area (TPSA) is 59.4 Å². The van der Waals surface area contributed by atoms with E-state index in [0.29, 0.717) is 16.5 Å². The van der Waals surface area contributed by atoms with E-state index in [9.17, 15) is 4.79 Å². The minimum Gasteiger partial charge on any atom is -0.497 e. The summed E-state index contributed by atoms with van der Waals surface area (Å²) in [4.78, 5) is 14.9. The van der Waals surface area contributed by atoms with E-state index >= 15 is 0 Å². The molecule has 0 aliphatic carbocycles. The highest BCUT2D eigenvalue weighted by atomic mass is 35.5. The van der Waals surface area contributed by atoms with Crippen LogP contribution in [0.5, 0.6) is 5.75 Å². The van der Waals surface area contributed by atoms with Crippen molar-refractivity contribution >= 4 is 28.3 Å². The zero-order chi connectivity index (χ0) is 11.7. The third-order valence-corrected chi connectivity index (χ3v) is 2.55. The number of rotatable bonds is 2. The Kier molecular flexibility index (Phi) is 2.66. The lowest BCUT2D eigenvalue weighted by molar-refractivity contribution is 0.0699. The first-order valence-corrected chi connectivity index (χ1v) is 4.87. The summed E-state index contributed by atoms with van der Waals surface area (Å²) in [5.41, 5.74) is -0.00179. The van der Waals surface area contributed by atoms with Crippen molar-refractivity contribution in [2.45, 2.75) is 0 Å². The fourth-order valence-electron chi connectivity index (χ4n) is 1.50. The summed E-state index contributed by atoms with van der Waals surface area (Å²) in [5.74, 6) is -0.520. The van der Waals surface area contributed by atoms with E-state index in [1.54, 1.807) is 18.2 Å². The second-order valence-corrected chi connectivity index (χ2v) is 3.54. The number of hydrogen-bond acceptors (Lipinski definition) is 3. The van der Waals surface area contributed by atoms with Crippen LogP contribution in [-0.4, -0.2) is 23.2 Å². The first-order chi connectivity index (χ1) is 7.63. The molecule has 0 aliphatic rings. The highest BCUT2D eigenvalue weighted by Crippen LogP contribution is 2.27. The van der Waals surface area contributed by atoms with Crippen LogP contribution >= 0.6 is 11.6 Å². The van der Waals surface area contributed by atoms with Gasteiger partial charge in [-0.15, -0.1) is 0 Å². The summed E-state index contributed by atoms with van der Waals surface area (Å²) in [6, 6.07) is 5.11. The molecule has 2 aromatic rings. The summed E-state index contributed by atoms with van der Waals surface area (Å²) >= 11 is 5.76. The molecular formula is C11H8ClNO3. The minimum absolute atomic E-state index is 0.00179. The molecule has 0 saturated heterocycles. The molecule has 1 aromatic heterocycles. The van der Waals surface area contributed by atoms with E-state index in [2.05, 4.69) is 4.98 Å². The molecule has 5 heteroatoms. The Balaban J connectivity index is 2.83. The number of halogens is 1. The van der Waals surface area contributed by atoms with Gasteiger partial charge in [-0.25, -0.2) is 9.78 Å². The summed E-state index contributed by atoms with van der Waals surface area (Å²) in [7, 11) is 1.52. The van der Waals surface area contributed by atoms with Gasteiger partial charge in [0.2, 0.25) is 0 Å². The molecule has 0 spiro atoms. The van der Waals surface area contributed by atoms with E-state index in [1.807, 2.05) is 0 Å². The van der Waals surface area contributed by atoms with Gasteiger partial charge in [-0.2, -0.15) is 0 Å². The number of carboxylic acids is 1. The van der Waals surface area contributed by atoms with Gasteiger partial charge >= 0.3 is 5.97 Å². The second kappa shape index (κ2) is 3.98. The Morgan fingerprint density at radius 1 is 1.50 bits per heavy atom. The van der Waals surface area contributed by atoms with Crippen LogP contribution in [0.2, 0.25) is 5.15 Å². The zero-order valence-electron chi connectivity index (χ0n) is 8.40. The van der Waals surface area contributed by atoms with E-state index in [4.69, 9.17) is 21.4 Å². The number of ether oxygens (including phenoxy) is 1. The predicted molar refractivity (Wildman–Crippen MR) is 60.3 cm³/mol. The molecule has 16 heavy (non-hydrogen) atoms. The van der Waals surface area contributed by atoms with Gasteiger partial charge in [-0.1, -0.05) is 11.6 Å². The van der Waals surface area contributed by atoms with Crippen LogP contribution in [0, 0.1) is 0 Å². The smallest absolute Gasteiger partial charge is 0.339 e. The van der Waals surface area contributed by atoms with Crippen molar-refractivity contribution in [2.24, 2.45) is 0 Å². The Morgan fingerprint density at radius 2 is 2.25 bits per heavy atom. The lowest BCUT2D eigenvalue weighted by Gasteiger charge is -2.06. The monoisotopic (exact) mass is 237 g/mol. The SMILES string of the molecule is COc1ccc2cnc(Cl)c(C(=O)O)c2c1. The molecule has 1 N–H and O–H groups in total. The van der Waals surface area contributed by atoms with E-state index < -0.39 is 5.97 Å². The molecule has 0 radical (unpaired) electrons.